The Balaban J connectivity index is 2.32. The molecular formula is C16H16ClN3. The molecule has 3 aromatic rings. The number of nitrogen functional groups attached to an aromatic ring is 1. The van der Waals surface area contributed by atoms with E-state index in [-0.39, 0.29) is 0 Å². The lowest BCUT2D eigenvalue weighted by Crippen LogP contribution is -2.01. The fourth-order valence-electron chi connectivity index (χ4n) is 2.44. The van der Waals surface area contributed by atoms with Crippen molar-refractivity contribution in [2.24, 2.45) is 0 Å². The molecule has 0 aliphatic carbocycles. The molecule has 102 valence electrons. The molecule has 2 aromatic carbocycles. The Morgan fingerprint density at radius 1 is 1.20 bits per heavy atom. The third-order valence-corrected chi connectivity index (χ3v) is 3.63. The summed E-state index contributed by atoms with van der Waals surface area (Å²) in [5.74, 6) is 1.02. The molecule has 0 amide bonds. The molecule has 3 rings (SSSR count). The van der Waals surface area contributed by atoms with Gasteiger partial charge in [-0.05, 0) is 36.8 Å². The molecule has 0 saturated carbocycles. The number of aryl methyl sites for hydroxylation is 1. The van der Waals surface area contributed by atoms with E-state index in [1.54, 1.807) is 0 Å². The second-order valence-corrected chi connectivity index (χ2v) is 5.22. The molecule has 0 aliphatic heterocycles. The van der Waals surface area contributed by atoms with E-state index in [1.807, 2.05) is 42.5 Å². The van der Waals surface area contributed by atoms with Crippen molar-refractivity contribution in [3.05, 3.63) is 53.3 Å². The molecule has 0 atom stereocenters. The van der Waals surface area contributed by atoms with Gasteiger partial charge in [-0.1, -0.05) is 30.7 Å². The fourth-order valence-corrected chi connectivity index (χ4v) is 2.66. The number of imidazole rings is 1. The third-order valence-electron chi connectivity index (χ3n) is 3.31. The lowest BCUT2D eigenvalue weighted by molar-refractivity contribution is 0.818. The highest BCUT2D eigenvalue weighted by atomic mass is 35.5. The lowest BCUT2D eigenvalue weighted by Gasteiger charge is -2.10. The predicted octanol–water partition coefficient (Wildman–Crippen LogP) is 4.21. The van der Waals surface area contributed by atoms with Crippen LogP contribution < -0.4 is 5.73 Å². The van der Waals surface area contributed by atoms with Crippen LogP contribution in [0.4, 0.5) is 5.69 Å². The second-order valence-electron chi connectivity index (χ2n) is 4.81. The Bertz CT molecular complexity index is 762. The largest absolute Gasteiger partial charge is 0.399 e. The number of hydrogen-bond donors (Lipinski definition) is 1. The zero-order valence-electron chi connectivity index (χ0n) is 11.3. The average Bonchev–Trinajstić information content (AvgIpc) is 2.77. The summed E-state index contributed by atoms with van der Waals surface area (Å²) in [6, 6.07) is 13.6. The van der Waals surface area contributed by atoms with Crippen molar-refractivity contribution in [2.45, 2.75) is 19.8 Å². The minimum Gasteiger partial charge on any atom is -0.399 e. The van der Waals surface area contributed by atoms with Crippen LogP contribution in [0.1, 0.15) is 19.2 Å². The van der Waals surface area contributed by atoms with Crippen molar-refractivity contribution in [1.29, 1.82) is 0 Å². The standard InChI is InChI=1S/C16H16ClN3/c1-2-5-16-19-13-10-11(18)8-9-15(13)20(16)14-7-4-3-6-12(14)17/h3-4,6-10H,2,5,18H2,1H3. The Morgan fingerprint density at radius 3 is 2.75 bits per heavy atom. The normalized spacial score (nSPS) is 11.1. The second kappa shape index (κ2) is 5.17. The van der Waals surface area contributed by atoms with Gasteiger partial charge in [-0.25, -0.2) is 4.98 Å². The van der Waals surface area contributed by atoms with Gasteiger partial charge in [-0.3, -0.25) is 4.57 Å². The summed E-state index contributed by atoms with van der Waals surface area (Å²) >= 11 is 6.35. The van der Waals surface area contributed by atoms with Gasteiger partial charge >= 0.3 is 0 Å². The number of nitrogens with two attached hydrogens (primary N) is 1. The minimum atomic E-state index is 0.723. The highest BCUT2D eigenvalue weighted by Gasteiger charge is 2.13. The molecule has 0 bridgehead atoms. The van der Waals surface area contributed by atoms with Crippen LogP contribution in [0.25, 0.3) is 16.7 Å². The quantitative estimate of drug-likeness (QED) is 0.733. The third kappa shape index (κ3) is 2.14. The highest BCUT2D eigenvalue weighted by molar-refractivity contribution is 6.32. The van der Waals surface area contributed by atoms with Crippen molar-refractivity contribution in [3.8, 4) is 5.69 Å². The SMILES string of the molecule is CCCc1nc2cc(N)ccc2n1-c1ccccc1Cl. The number of rotatable bonds is 3. The lowest BCUT2D eigenvalue weighted by atomic mass is 10.2. The van der Waals surface area contributed by atoms with Gasteiger partial charge in [0.05, 0.1) is 21.7 Å². The van der Waals surface area contributed by atoms with Gasteiger partial charge in [0.15, 0.2) is 0 Å². The molecule has 0 unspecified atom stereocenters. The maximum atomic E-state index is 6.35. The summed E-state index contributed by atoms with van der Waals surface area (Å²) in [5.41, 5.74) is 9.49. The Labute approximate surface area is 123 Å². The van der Waals surface area contributed by atoms with Gasteiger partial charge in [0, 0.05) is 12.1 Å². The van der Waals surface area contributed by atoms with Crippen LogP contribution >= 0.6 is 11.6 Å². The Hall–Kier alpha value is -2.00. The van der Waals surface area contributed by atoms with Gasteiger partial charge in [-0.2, -0.15) is 0 Å². The molecule has 2 N–H and O–H groups in total. The minimum absolute atomic E-state index is 0.723. The summed E-state index contributed by atoms with van der Waals surface area (Å²) in [5, 5.41) is 0.723. The van der Waals surface area contributed by atoms with Crippen molar-refractivity contribution in [1.82, 2.24) is 9.55 Å². The van der Waals surface area contributed by atoms with Crippen LogP contribution in [0.3, 0.4) is 0 Å². The molecule has 20 heavy (non-hydrogen) atoms. The number of anilines is 1. The first-order valence-electron chi connectivity index (χ1n) is 6.72. The number of benzene rings is 2. The first-order chi connectivity index (χ1) is 9.70. The molecule has 0 spiro atoms. The average molecular weight is 286 g/mol. The molecule has 0 aliphatic rings. The van der Waals surface area contributed by atoms with E-state index >= 15 is 0 Å². The number of aromatic nitrogens is 2. The highest BCUT2D eigenvalue weighted by Crippen LogP contribution is 2.28. The molecular weight excluding hydrogens is 270 g/mol. The van der Waals surface area contributed by atoms with Crippen LogP contribution in [-0.4, -0.2) is 9.55 Å². The maximum absolute atomic E-state index is 6.35. The zero-order chi connectivity index (χ0) is 14.1. The van der Waals surface area contributed by atoms with Crippen molar-refractivity contribution >= 4 is 28.3 Å². The molecule has 1 heterocycles. The molecule has 0 saturated heterocycles. The molecule has 0 fully saturated rings. The van der Waals surface area contributed by atoms with Crippen molar-refractivity contribution in [3.63, 3.8) is 0 Å². The summed E-state index contributed by atoms with van der Waals surface area (Å²) < 4.78 is 2.13. The Morgan fingerprint density at radius 2 is 2.00 bits per heavy atom. The van der Waals surface area contributed by atoms with Crippen molar-refractivity contribution in [2.75, 3.05) is 5.73 Å². The molecule has 1 aromatic heterocycles. The number of nitrogens with zero attached hydrogens (tertiary/aromatic N) is 2. The van der Waals surface area contributed by atoms with Crippen LogP contribution in [-0.2, 0) is 6.42 Å². The zero-order valence-corrected chi connectivity index (χ0v) is 12.1. The van der Waals surface area contributed by atoms with E-state index in [0.29, 0.717) is 0 Å². The van der Waals surface area contributed by atoms with Gasteiger partial charge < -0.3 is 5.73 Å². The van der Waals surface area contributed by atoms with Crippen LogP contribution in [0.15, 0.2) is 42.5 Å². The van der Waals surface area contributed by atoms with E-state index in [1.165, 1.54) is 0 Å². The first-order valence-corrected chi connectivity index (χ1v) is 7.10. The predicted molar refractivity (Wildman–Crippen MR) is 84.5 cm³/mol. The van der Waals surface area contributed by atoms with E-state index < -0.39 is 0 Å². The van der Waals surface area contributed by atoms with E-state index in [9.17, 15) is 0 Å². The first kappa shape index (κ1) is 13.0. The summed E-state index contributed by atoms with van der Waals surface area (Å²) in [6.45, 7) is 2.14. The van der Waals surface area contributed by atoms with E-state index in [0.717, 1.165) is 46.1 Å². The van der Waals surface area contributed by atoms with Crippen molar-refractivity contribution < 1.29 is 0 Å². The van der Waals surface area contributed by atoms with E-state index in [4.69, 9.17) is 22.3 Å². The number of hydrogen-bond acceptors (Lipinski definition) is 2. The van der Waals surface area contributed by atoms with Crippen LogP contribution in [0, 0.1) is 0 Å². The summed E-state index contributed by atoms with van der Waals surface area (Å²) in [6.07, 6.45) is 1.93. The van der Waals surface area contributed by atoms with Gasteiger partial charge in [-0.15, -0.1) is 0 Å². The fraction of sp³-hybridized carbons (Fsp3) is 0.188. The number of para-hydroxylation sites is 1. The monoisotopic (exact) mass is 285 g/mol. The Kier molecular flexibility index (Phi) is 3.36. The maximum Gasteiger partial charge on any atom is 0.114 e. The number of fused-ring (bicyclic) bond motifs is 1. The topological polar surface area (TPSA) is 43.8 Å². The van der Waals surface area contributed by atoms with Gasteiger partial charge in [0.1, 0.15) is 5.82 Å². The van der Waals surface area contributed by atoms with E-state index in [2.05, 4.69) is 11.5 Å². The number of halogens is 1. The smallest absolute Gasteiger partial charge is 0.114 e. The molecule has 4 heteroatoms. The van der Waals surface area contributed by atoms with Crippen LogP contribution in [0.5, 0.6) is 0 Å². The van der Waals surface area contributed by atoms with Crippen LogP contribution in [0.2, 0.25) is 5.02 Å². The molecule has 0 radical (unpaired) electrons. The summed E-state index contributed by atoms with van der Waals surface area (Å²) in [4.78, 5) is 4.71. The molecule has 3 nitrogen and oxygen atoms in total. The van der Waals surface area contributed by atoms with Gasteiger partial charge in [0.25, 0.3) is 0 Å². The summed E-state index contributed by atoms with van der Waals surface area (Å²) in [7, 11) is 0. The van der Waals surface area contributed by atoms with Gasteiger partial charge in [0.2, 0.25) is 0 Å².